The quantitative estimate of drug-likeness (QED) is 0.0375. The normalized spacial score (nSPS) is 29.5. The maximum atomic E-state index is 13.3. The van der Waals surface area contributed by atoms with E-state index in [-0.39, 0.29) is 6.42 Å². The Morgan fingerprint density at radius 1 is 0.600 bits per heavy atom. The minimum absolute atomic E-state index is 0.319. The van der Waals surface area contributed by atoms with Crippen LogP contribution in [0.2, 0.25) is 0 Å². The molecular formula is C40H75NO14. The summed E-state index contributed by atoms with van der Waals surface area (Å²) in [6.07, 6.45) is 2.91. The Morgan fingerprint density at radius 2 is 1.07 bits per heavy atom. The van der Waals surface area contributed by atoms with E-state index >= 15 is 0 Å². The molecular weight excluding hydrogens is 718 g/mol. The molecule has 0 spiro atoms. The van der Waals surface area contributed by atoms with E-state index in [2.05, 4.69) is 19.2 Å². The van der Waals surface area contributed by atoms with Gasteiger partial charge >= 0.3 is 5.97 Å². The van der Waals surface area contributed by atoms with E-state index in [4.69, 9.17) is 18.9 Å². The summed E-state index contributed by atoms with van der Waals surface area (Å²) >= 11 is 0. The van der Waals surface area contributed by atoms with Gasteiger partial charge in [-0.25, -0.2) is 0 Å². The molecule has 0 saturated carbocycles. The van der Waals surface area contributed by atoms with Gasteiger partial charge in [-0.05, 0) is 12.8 Å². The number of amides is 1. The van der Waals surface area contributed by atoms with Crippen molar-refractivity contribution < 1.29 is 69.4 Å². The van der Waals surface area contributed by atoms with Crippen molar-refractivity contribution in [2.24, 2.45) is 0 Å². The van der Waals surface area contributed by atoms with Gasteiger partial charge in [-0.1, -0.05) is 129 Å². The standard InChI is InChI=1S/C40H75NO14/c1-3-5-7-9-11-13-15-17-19-21-27(44)23-31(46)41-33-38(54-32(47)24-28(45)22-20-18-16-14-12-10-8-6-4-2)37(30(26-43)52-39(33)51)55-40-36(50)35(49)34(48)29(25-42)53-40/h27-30,33-40,42-45,48-51H,3-26H2,1-2H3,(H,41,46)/t27-,28-,29-,30-,33-,34-,35+,36+,37-,38-,39-,40+/m1/s1. The van der Waals surface area contributed by atoms with Gasteiger partial charge in [0.2, 0.25) is 5.91 Å². The number of hydrogen-bond acceptors (Lipinski definition) is 14. The number of carbonyl (C=O) groups excluding carboxylic acids is 2. The minimum Gasteiger partial charge on any atom is -0.457 e. The molecule has 324 valence electrons. The SMILES string of the molecule is CCCCCCCCCCC[C@@H](O)CC(=O)N[C@@H]1[C@@H](OC(=O)C[C@H](O)CCCCCCCCCCC)[C@H](O[C@@H]2O[C@H](CO)[C@@H](O)[C@H](O)[C@@H]2O)[C@@H](CO)O[C@H]1O. The van der Waals surface area contributed by atoms with Crippen molar-refractivity contribution in [2.75, 3.05) is 13.2 Å². The van der Waals surface area contributed by atoms with Crippen LogP contribution in [0.5, 0.6) is 0 Å². The third-order valence-electron chi connectivity index (χ3n) is 10.7. The first-order valence-corrected chi connectivity index (χ1v) is 21.2. The zero-order valence-corrected chi connectivity index (χ0v) is 33.4. The number of aliphatic hydroxyl groups excluding tert-OH is 8. The van der Waals surface area contributed by atoms with Gasteiger partial charge in [0.15, 0.2) is 18.7 Å². The van der Waals surface area contributed by atoms with Crippen LogP contribution >= 0.6 is 0 Å². The summed E-state index contributed by atoms with van der Waals surface area (Å²) in [5, 5.41) is 86.0. The maximum absolute atomic E-state index is 13.3. The fraction of sp³-hybridized carbons (Fsp3) is 0.950. The Bertz CT molecular complexity index is 1010. The second-order valence-electron chi connectivity index (χ2n) is 15.5. The van der Waals surface area contributed by atoms with Crippen molar-refractivity contribution >= 4 is 11.9 Å². The second kappa shape index (κ2) is 28.8. The highest BCUT2D eigenvalue weighted by molar-refractivity contribution is 5.77. The lowest BCUT2D eigenvalue weighted by Gasteiger charge is -2.47. The van der Waals surface area contributed by atoms with Crippen LogP contribution in [0.3, 0.4) is 0 Å². The molecule has 0 aromatic rings. The molecule has 0 aliphatic carbocycles. The van der Waals surface area contributed by atoms with Crippen LogP contribution in [0.4, 0.5) is 0 Å². The van der Waals surface area contributed by atoms with Gasteiger partial charge in [0.05, 0.1) is 38.3 Å². The first-order chi connectivity index (χ1) is 26.5. The van der Waals surface area contributed by atoms with Gasteiger partial charge < -0.3 is 65.1 Å². The molecule has 15 heteroatoms. The van der Waals surface area contributed by atoms with Gasteiger partial charge in [-0.2, -0.15) is 0 Å². The van der Waals surface area contributed by atoms with Gasteiger partial charge in [0.25, 0.3) is 0 Å². The number of aliphatic hydroxyl groups is 8. The van der Waals surface area contributed by atoms with Crippen molar-refractivity contribution in [2.45, 2.75) is 229 Å². The molecule has 2 aliphatic heterocycles. The van der Waals surface area contributed by atoms with Crippen LogP contribution in [-0.2, 0) is 28.5 Å². The van der Waals surface area contributed by atoms with Crippen molar-refractivity contribution in [1.82, 2.24) is 5.32 Å². The molecule has 1 amide bonds. The predicted molar refractivity (Wildman–Crippen MR) is 203 cm³/mol. The lowest BCUT2D eigenvalue weighted by atomic mass is 9.94. The Morgan fingerprint density at radius 3 is 1.56 bits per heavy atom. The molecule has 55 heavy (non-hydrogen) atoms. The van der Waals surface area contributed by atoms with Gasteiger partial charge in [-0.15, -0.1) is 0 Å². The molecule has 2 aliphatic rings. The summed E-state index contributed by atoms with van der Waals surface area (Å²) in [6, 6.07) is -1.50. The van der Waals surface area contributed by atoms with Crippen LogP contribution in [0.25, 0.3) is 0 Å². The van der Waals surface area contributed by atoms with E-state index < -0.39 is 105 Å². The monoisotopic (exact) mass is 794 g/mol. The number of ether oxygens (including phenoxy) is 4. The first kappa shape index (κ1) is 49.6. The Labute approximate surface area is 328 Å². The summed E-state index contributed by atoms with van der Waals surface area (Å²) in [7, 11) is 0. The van der Waals surface area contributed by atoms with E-state index in [1.807, 2.05) is 0 Å². The van der Waals surface area contributed by atoms with Crippen molar-refractivity contribution in [1.29, 1.82) is 0 Å². The number of hydrogen-bond donors (Lipinski definition) is 9. The average Bonchev–Trinajstić information content (AvgIpc) is 3.15. The van der Waals surface area contributed by atoms with Crippen molar-refractivity contribution in [3.8, 4) is 0 Å². The van der Waals surface area contributed by atoms with Crippen molar-refractivity contribution in [3.05, 3.63) is 0 Å². The highest BCUT2D eigenvalue weighted by Crippen LogP contribution is 2.31. The fourth-order valence-corrected chi connectivity index (χ4v) is 7.30. The largest absolute Gasteiger partial charge is 0.457 e. The van der Waals surface area contributed by atoms with Crippen LogP contribution in [0.1, 0.15) is 155 Å². The minimum atomic E-state index is -1.86. The van der Waals surface area contributed by atoms with E-state index in [1.54, 1.807) is 0 Å². The average molecular weight is 794 g/mol. The maximum Gasteiger partial charge on any atom is 0.308 e. The molecule has 0 aromatic carbocycles. The highest BCUT2D eigenvalue weighted by Gasteiger charge is 2.53. The Balaban J connectivity index is 2.07. The van der Waals surface area contributed by atoms with Gasteiger partial charge in [0, 0.05) is 0 Å². The third kappa shape index (κ3) is 18.8. The lowest BCUT2D eigenvalue weighted by Crippen LogP contribution is -2.68. The van der Waals surface area contributed by atoms with E-state index in [9.17, 15) is 50.4 Å². The summed E-state index contributed by atoms with van der Waals surface area (Å²) in [5.74, 6) is -1.58. The predicted octanol–water partition coefficient (Wildman–Crippen LogP) is 2.62. The number of esters is 1. The molecule has 2 heterocycles. The zero-order valence-electron chi connectivity index (χ0n) is 33.4. The van der Waals surface area contributed by atoms with E-state index in [1.165, 1.54) is 64.2 Å². The molecule has 2 saturated heterocycles. The highest BCUT2D eigenvalue weighted by atomic mass is 16.7. The second-order valence-corrected chi connectivity index (χ2v) is 15.5. The molecule has 15 nitrogen and oxygen atoms in total. The third-order valence-corrected chi connectivity index (χ3v) is 10.7. The number of unbranched alkanes of at least 4 members (excludes halogenated alkanes) is 16. The van der Waals surface area contributed by atoms with Crippen LogP contribution < -0.4 is 5.32 Å². The summed E-state index contributed by atoms with van der Waals surface area (Å²) in [6.45, 7) is 2.83. The molecule has 0 aromatic heterocycles. The number of carbonyl (C=O) groups is 2. The molecule has 0 unspecified atom stereocenters. The molecule has 2 fully saturated rings. The summed E-state index contributed by atoms with van der Waals surface area (Å²) < 4.78 is 22.7. The number of rotatable bonds is 30. The molecule has 12 atom stereocenters. The van der Waals surface area contributed by atoms with Gasteiger partial charge in [-0.3, -0.25) is 9.59 Å². The topological polar surface area (TPSA) is 245 Å². The van der Waals surface area contributed by atoms with E-state index in [0.29, 0.717) is 19.3 Å². The molecule has 2 rings (SSSR count). The van der Waals surface area contributed by atoms with Crippen molar-refractivity contribution in [3.63, 3.8) is 0 Å². The van der Waals surface area contributed by atoms with Crippen LogP contribution in [0.15, 0.2) is 0 Å². The molecule has 0 bridgehead atoms. The summed E-state index contributed by atoms with van der Waals surface area (Å²) in [4.78, 5) is 26.5. The fourth-order valence-electron chi connectivity index (χ4n) is 7.30. The summed E-state index contributed by atoms with van der Waals surface area (Å²) in [5.41, 5.74) is 0. The molecule has 9 N–H and O–H groups in total. The zero-order chi connectivity index (χ0) is 40.6. The van der Waals surface area contributed by atoms with E-state index in [0.717, 1.165) is 44.9 Å². The van der Waals surface area contributed by atoms with Crippen LogP contribution in [-0.4, -0.2) is 140 Å². The number of nitrogens with one attached hydrogen (secondary N) is 1. The smallest absolute Gasteiger partial charge is 0.308 e. The molecule has 0 radical (unpaired) electrons. The lowest BCUT2D eigenvalue weighted by molar-refractivity contribution is -0.345. The van der Waals surface area contributed by atoms with Crippen LogP contribution in [0, 0.1) is 0 Å². The Hall–Kier alpha value is -1.50. The first-order valence-electron chi connectivity index (χ1n) is 21.2. The Kier molecular flexibility index (Phi) is 26.0. The van der Waals surface area contributed by atoms with Gasteiger partial charge in [0.1, 0.15) is 42.7 Å².